The van der Waals surface area contributed by atoms with Crippen LogP contribution in [0.15, 0.2) is 54.9 Å². The first-order valence-corrected chi connectivity index (χ1v) is 10.0. The van der Waals surface area contributed by atoms with E-state index in [4.69, 9.17) is 4.74 Å². The summed E-state index contributed by atoms with van der Waals surface area (Å²) in [4.78, 5) is 20.7. The number of benzene rings is 1. The Morgan fingerprint density at radius 1 is 1.07 bits per heavy atom. The van der Waals surface area contributed by atoms with E-state index in [1.54, 1.807) is 31.3 Å². The Labute approximate surface area is 174 Å². The SMILES string of the molecule is CCOC(=O)c1ccc(N2CCN(Cn3ccc(-c4ccc(F)cc4)n3)CC2)nc1. The zero-order valence-electron chi connectivity index (χ0n) is 16.9. The average molecular weight is 409 g/mol. The average Bonchev–Trinajstić information content (AvgIpc) is 3.23. The molecule has 1 aliphatic rings. The van der Waals surface area contributed by atoms with Gasteiger partial charge in [0, 0.05) is 44.1 Å². The van der Waals surface area contributed by atoms with Crippen LogP contribution in [0.5, 0.6) is 0 Å². The number of piperazine rings is 1. The topological polar surface area (TPSA) is 63.5 Å². The van der Waals surface area contributed by atoms with E-state index in [-0.39, 0.29) is 11.8 Å². The molecule has 1 fully saturated rings. The van der Waals surface area contributed by atoms with Gasteiger partial charge in [-0.2, -0.15) is 5.10 Å². The summed E-state index contributed by atoms with van der Waals surface area (Å²) >= 11 is 0. The minimum atomic E-state index is -0.347. The Morgan fingerprint density at radius 2 is 1.83 bits per heavy atom. The number of nitrogens with zero attached hydrogens (tertiary/aromatic N) is 5. The first-order chi connectivity index (χ1) is 14.6. The molecule has 156 valence electrons. The van der Waals surface area contributed by atoms with Gasteiger partial charge in [0.05, 0.1) is 24.5 Å². The molecule has 0 unspecified atom stereocenters. The maximum Gasteiger partial charge on any atom is 0.339 e. The Bertz CT molecular complexity index is 980. The molecule has 0 aliphatic carbocycles. The van der Waals surface area contributed by atoms with Gasteiger partial charge in [-0.15, -0.1) is 0 Å². The van der Waals surface area contributed by atoms with Crippen molar-refractivity contribution >= 4 is 11.8 Å². The molecule has 0 atom stereocenters. The van der Waals surface area contributed by atoms with Crippen LogP contribution in [0.4, 0.5) is 10.2 Å². The van der Waals surface area contributed by atoms with E-state index in [0.717, 1.165) is 43.3 Å². The lowest BCUT2D eigenvalue weighted by atomic mass is 10.1. The minimum Gasteiger partial charge on any atom is -0.462 e. The lowest BCUT2D eigenvalue weighted by Crippen LogP contribution is -2.47. The van der Waals surface area contributed by atoms with Gasteiger partial charge < -0.3 is 9.64 Å². The number of hydrogen-bond donors (Lipinski definition) is 0. The van der Waals surface area contributed by atoms with Gasteiger partial charge in [0.1, 0.15) is 11.6 Å². The molecule has 1 aromatic carbocycles. The highest BCUT2D eigenvalue weighted by Gasteiger charge is 2.19. The fraction of sp³-hybridized carbons (Fsp3) is 0.318. The molecule has 0 amide bonds. The van der Waals surface area contributed by atoms with Crippen LogP contribution in [-0.4, -0.2) is 58.4 Å². The highest BCUT2D eigenvalue weighted by atomic mass is 19.1. The Hall–Kier alpha value is -3.26. The maximum absolute atomic E-state index is 13.1. The van der Waals surface area contributed by atoms with Crippen molar-refractivity contribution in [3.63, 3.8) is 0 Å². The summed E-state index contributed by atoms with van der Waals surface area (Å²) in [6, 6.07) is 11.9. The van der Waals surface area contributed by atoms with Crippen molar-refractivity contribution in [1.29, 1.82) is 0 Å². The fourth-order valence-electron chi connectivity index (χ4n) is 3.45. The molecule has 0 N–H and O–H groups in total. The van der Waals surface area contributed by atoms with Crippen molar-refractivity contribution in [3.8, 4) is 11.3 Å². The third kappa shape index (κ3) is 4.65. The molecule has 0 saturated carbocycles. The van der Waals surface area contributed by atoms with E-state index in [2.05, 4.69) is 19.9 Å². The molecule has 8 heteroatoms. The Balaban J connectivity index is 1.31. The summed E-state index contributed by atoms with van der Waals surface area (Å²) in [5.41, 5.74) is 2.20. The monoisotopic (exact) mass is 409 g/mol. The summed E-state index contributed by atoms with van der Waals surface area (Å²) in [6.45, 7) is 6.29. The van der Waals surface area contributed by atoms with Gasteiger partial charge in [0.2, 0.25) is 0 Å². The number of esters is 1. The second-order valence-corrected chi connectivity index (χ2v) is 7.12. The molecule has 1 saturated heterocycles. The van der Waals surface area contributed by atoms with Crippen LogP contribution in [0.25, 0.3) is 11.3 Å². The number of aromatic nitrogens is 3. The normalized spacial score (nSPS) is 14.7. The van der Waals surface area contributed by atoms with Gasteiger partial charge in [0.25, 0.3) is 0 Å². The third-order valence-corrected chi connectivity index (χ3v) is 5.08. The lowest BCUT2D eigenvalue weighted by molar-refractivity contribution is 0.0526. The van der Waals surface area contributed by atoms with Crippen molar-refractivity contribution in [1.82, 2.24) is 19.7 Å². The van der Waals surface area contributed by atoms with Crippen molar-refractivity contribution in [2.24, 2.45) is 0 Å². The summed E-state index contributed by atoms with van der Waals surface area (Å²) in [7, 11) is 0. The number of rotatable bonds is 6. The number of carbonyl (C=O) groups is 1. The first-order valence-electron chi connectivity index (χ1n) is 10.0. The van der Waals surface area contributed by atoms with Crippen LogP contribution in [-0.2, 0) is 11.4 Å². The van der Waals surface area contributed by atoms with Crippen molar-refractivity contribution in [2.75, 3.05) is 37.7 Å². The number of anilines is 1. The van der Waals surface area contributed by atoms with Crippen LogP contribution < -0.4 is 4.90 Å². The van der Waals surface area contributed by atoms with Gasteiger partial charge in [-0.25, -0.2) is 14.2 Å². The van der Waals surface area contributed by atoms with Crippen LogP contribution in [0.2, 0.25) is 0 Å². The third-order valence-electron chi connectivity index (χ3n) is 5.08. The standard InChI is InChI=1S/C22H24FN5O2/c1-2-30-22(29)18-5-8-21(24-15-18)27-13-11-26(12-14-27)16-28-10-9-20(25-28)17-3-6-19(23)7-4-17/h3-10,15H,2,11-14,16H2,1H3. The number of carbonyl (C=O) groups excluding carboxylic acids is 1. The van der Waals surface area contributed by atoms with E-state index in [1.165, 1.54) is 12.1 Å². The highest BCUT2D eigenvalue weighted by Crippen LogP contribution is 2.18. The Kier molecular flexibility index (Phi) is 6.04. The van der Waals surface area contributed by atoms with Crippen LogP contribution in [0.1, 0.15) is 17.3 Å². The van der Waals surface area contributed by atoms with Gasteiger partial charge >= 0.3 is 5.97 Å². The molecule has 4 rings (SSSR count). The quantitative estimate of drug-likeness (QED) is 0.583. The molecule has 0 radical (unpaired) electrons. The summed E-state index contributed by atoms with van der Waals surface area (Å²) in [5, 5.41) is 4.61. The van der Waals surface area contributed by atoms with E-state index < -0.39 is 0 Å². The molecule has 7 nitrogen and oxygen atoms in total. The molecule has 0 spiro atoms. The molecular formula is C22H24FN5O2. The van der Waals surface area contributed by atoms with Crippen molar-refractivity contribution in [3.05, 3.63) is 66.2 Å². The zero-order valence-corrected chi connectivity index (χ0v) is 16.9. The largest absolute Gasteiger partial charge is 0.462 e. The second kappa shape index (κ2) is 9.04. The van der Waals surface area contributed by atoms with Crippen molar-refractivity contribution in [2.45, 2.75) is 13.6 Å². The Morgan fingerprint density at radius 3 is 2.50 bits per heavy atom. The van der Waals surface area contributed by atoms with E-state index in [0.29, 0.717) is 18.8 Å². The van der Waals surface area contributed by atoms with Gasteiger partial charge in [-0.1, -0.05) is 0 Å². The second-order valence-electron chi connectivity index (χ2n) is 7.12. The van der Waals surface area contributed by atoms with Crippen LogP contribution in [0.3, 0.4) is 0 Å². The van der Waals surface area contributed by atoms with E-state index >= 15 is 0 Å². The van der Waals surface area contributed by atoms with Crippen LogP contribution >= 0.6 is 0 Å². The van der Waals surface area contributed by atoms with E-state index in [9.17, 15) is 9.18 Å². The molecular weight excluding hydrogens is 385 g/mol. The molecule has 30 heavy (non-hydrogen) atoms. The van der Waals surface area contributed by atoms with Gasteiger partial charge in [-0.05, 0) is 49.4 Å². The number of hydrogen-bond acceptors (Lipinski definition) is 6. The summed E-state index contributed by atoms with van der Waals surface area (Å²) in [6.07, 6.45) is 3.52. The van der Waals surface area contributed by atoms with Crippen LogP contribution in [0, 0.1) is 5.82 Å². The lowest BCUT2D eigenvalue weighted by Gasteiger charge is -2.35. The van der Waals surface area contributed by atoms with E-state index in [1.807, 2.05) is 23.0 Å². The number of pyridine rings is 1. The molecule has 3 aromatic rings. The zero-order chi connectivity index (χ0) is 20.9. The van der Waals surface area contributed by atoms with Gasteiger partial charge in [0.15, 0.2) is 0 Å². The summed E-state index contributed by atoms with van der Waals surface area (Å²) < 4.78 is 20.0. The molecule has 1 aliphatic heterocycles. The predicted octanol–water partition coefficient (Wildman–Crippen LogP) is 3.04. The predicted molar refractivity (Wildman–Crippen MR) is 112 cm³/mol. The smallest absolute Gasteiger partial charge is 0.339 e. The maximum atomic E-state index is 13.1. The number of halogens is 1. The van der Waals surface area contributed by atoms with Gasteiger partial charge in [-0.3, -0.25) is 9.58 Å². The highest BCUT2D eigenvalue weighted by molar-refractivity contribution is 5.89. The first kappa shape index (κ1) is 20.0. The molecule has 3 heterocycles. The minimum absolute atomic E-state index is 0.249. The number of ether oxygens (including phenoxy) is 1. The fourth-order valence-corrected chi connectivity index (χ4v) is 3.45. The molecule has 2 aromatic heterocycles. The molecule has 0 bridgehead atoms. The summed E-state index contributed by atoms with van der Waals surface area (Å²) in [5.74, 6) is 0.266. The van der Waals surface area contributed by atoms with Crippen molar-refractivity contribution < 1.29 is 13.9 Å².